The highest BCUT2D eigenvalue weighted by Crippen LogP contribution is 2.15. The van der Waals surface area contributed by atoms with Gasteiger partial charge in [0.15, 0.2) is 0 Å². The lowest BCUT2D eigenvalue weighted by atomic mass is 10.0. The Balaban J connectivity index is 1.58. The molecule has 7 heteroatoms. The summed E-state index contributed by atoms with van der Waals surface area (Å²) >= 11 is 0. The molecule has 0 spiro atoms. The fourth-order valence-electron chi connectivity index (χ4n) is 3.80. The minimum atomic E-state index is -0.882. The molecule has 0 unspecified atom stereocenters. The molecule has 7 nitrogen and oxygen atoms in total. The van der Waals surface area contributed by atoms with Gasteiger partial charge >= 0.3 is 0 Å². The molecule has 0 aromatic heterocycles. The van der Waals surface area contributed by atoms with Crippen LogP contribution in [0.2, 0.25) is 0 Å². The van der Waals surface area contributed by atoms with Crippen LogP contribution in [0.15, 0.2) is 60.7 Å². The van der Waals surface area contributed by atoms with Gasteiger partial charge in [-0.1, -0.05) is 48.5 Å². The summed E-state index contributed by atoms with van der Waals surface area (Å²) in [6.45, 7) is 8.53. The van der Waals surface area contributed by atoms with Gasteiger partial charge in [-0.2, -0.15) is 0 Å². The van der Waals surface area contributed by atoms with E-state index in [0.717, 1.165) is 50.5 Å². The van der Waals surface area contributed by atoms with Gasteiger partial charge in [-0.15, -0.1) is 0 Å². The van der Waals surface area contributed by atoms with Gasteiger partial charge in [-0.05, 0) is 44.5 Å². The van der Waals surface area contributed by atoms with E-state index >= 15 is 0 Å². The third-order valence-electron chi connectivity index (χ3n) is 5.76. The molecule has 178 valence electrons. The van der Waals surface area contributed by atoms with Crippen LogP contribution in [0.3, 0.4) is 0 Å². The van der Waals surface area contributed by atoms with Crippen molar-refractivity contribution in [2.45, 2.75) is 38.3 Å². The molecule has 3 N–H and O–H groups in total. The standard InChI is InChI=1S/C26H36N4O3/c1-26(2,29-22-12-7-4-8-13-22)25(32)28-23(20-21-10-5-3-6-11-21)24(31)27-14-9-15-30-16-18-33-19-17-30/h3-8,10-13,23,29H,9,14-20H2,1-2H3,(H,27,31)(H,28,32)/t23-/m1/s1. The van der Waals surface area contributed by atoms with Crippen molar-refractivity contribution < 1.29 is 14.3 Å². The normalized spacial score (nSPS) is 15.5. The van der Waals surface area contributed by atoms with Crippen LogP contribution in [0.1, 0.15) is 25.8 Å². The number of carbonyl (C=O) groups excluding carboxylic acids is 2. The zero-order valence-electron chi connectivity index (χ0n) is 19.7. The first-order valence-electron chi connectivity index (χ1n) is 11.7. The second-order valence-electron chi connectivity index (χ2n) is 8.93. The number of hydrogen-bond donors (Lipinski definition) is 3. The minimum absolute atomic E-state index is 0.162. The van der Waals surface area contributed by atoms with Crippen molar-refractivity contribution in [3.63, 3.8) is 0 Å². The van der Waals surface area contributed by atoms with Crippen LogP contribution in [-0.2, 0) is 20.7 Å². The van der Waals surface area contributed by atoms with Crippen LogP contribution >= 0.6 is 0 Å². The molecule has 0 aliphatic carbocycles. The zero-order chi connectivity index (χ0) is 23.5. The number of ether oxygens (including phenoxy) is 1. The maximum Gasteiger partial charge on any atom is 0.245 e. The average molecular weight is 453 g/mol. The van der Waals surface area contributed by atoms with E-state index in [2.05, 4.69) is 20.9 Å². The SMILES string of the molecule is CC(C)(Nc1ccccc1)C(=O)N[C@H](Cc1ccccc1)C(=O)NCCCN1CCOCC1. The van der Waals surface area contributed by atoms with E-state index < -0.39 is 11.6 Å². The molecule has 1 saturated heterocycles. The molecule has 2 aromatic rings. The zero-order valence-corrected chi connectivity index (χ0v) is 19.7. The summed E-state index contributed by atoms with van der Waals surface area (Å²) in [4.78, 5) is 28.5. The van der Waals surface area contributed by atoms with Gasteiger partial charge in [0, 0.05) is 31.7 Å². The first kappa shape index (κ1) is 24.7. The van der Waals surface area contributed by atoms with Crippen molar-refractivity contribution in [2.75, 3.05) is 44.7 Å². The van der Waals surface area contributed by atoms with Crippen molar-refractivity contribution in [3.8, 4) is 0 Å². The number of para-hydroxylation sites is 1. The first-order valence-corrected chi connectivity index (χ1v) is 11.7. The van der Waals surface area contributed by atoms with Crippen molar-refractivity contribution in [1.82, 2.24) is 15.5 Å². The van der Waals surface area contributed by atoms with Crippen molar-refractivity contribution in [2.24, 2.45) is 0 Å². The molecule has 1 atom stereocenters. The third-order valence-corrected chi connectivity index (χ3v) is 5.76. The van der Waals surface area contributed by atoms with E-state index in [1.807, 2.05) is 74.5 Å². The van der Waals surface area contributed by atoms with Crippen LogP contribution in [0.5, 0.6) is 0 Å². The lowest BCUT2D eigenvalue weighted by Gasteiger charge is -2.29. The van der Waals surface area contributed by atoms with Crippen LogP contribution < -0.4 is 16.0 Å². The Morgan fingerprint density at radius 3 is 2.30 bits per heavy atom. The first-order chi connectivity index (χ1) is 15.9. The Morgan fingerprint density at radius 2 is 1.64 bits per heavy atom. The van der Waals surface area contributed by atoms with Crippen LogP contribution in [0.25, 0.3) is 0 Å². The number of hydrogen-bond acceptors (Lipinski definition) is 5. The van der Waals surface area contributed by atoms with E-state index in [-0.39, 0.29) is 11.8 Å². The number of morpholine rings is 1. The van der Waals surface area contributed by atoms with Gasteiger partial charge in [0.1, 0.15) is 11.6 Å². The molecular weight excluding hydrogens is 416 g/mol. The smallest absolute Gasteiger partial charge is 0.245 e. The molecular formula is C26H36N4O3. The predicted molar refractivity (Wildman–Crippen MR) is 131 cm³/mol. The molecule has 2 amide bonds. The van der Waals surface area contributed by atoms with Gasteiger partial charge in [-0.3, -0.25) is 14.5 Å². The lowest BCUT2D eigenvalue weighted by Crippen LogP contribution is -2.56. The Kier molecular flexibility index (Phi) is 9.27. The molecule has 0 radical (unpaired) electrons. The summed E-state index contributed by atoms with van der Waals surface area (Å²) in [5.74, 6) is -0.388. The largest absolute Gasteiger partial charge is 0.379 e. The van der Waals surface area contributed by atoms with Gasteiger partial charge in [0.05, 0.1) is 13.2 Å². The number of anilines is 1. The fraction of sp³-hybridized carbons (Fsp3) is 0.462. The van der Waals surface area contributed by atoms with E-state index in [1.165, 1.54) is 0 Å². The quantitative estimate of drug-likeness (QED) is 0.456. The topological polar surface area (TPSA) is 82.7 Å². The molecule has 1 fully saturated rings. The molecule has 33 heavy (non-hydrogen) atoms. The molecule has 3 rings (SSSR count). The number of nitrogens with zero attached hydrogens (tertiary/aromatic N) is 1. The summed E-state index contributed by atoms with van der Waals surface area (Å²) in [6, 6.07) is 18.7. The number of amides is 2. The van der Waals surface area contributed by atoms with Crippen LogP contribution in [0, 0.1) is 0 Å². The molecule has 1 aliphatic rings. The van der Waals surface area contributed by atoms with Gasteiger partial charge in [-0.25, -0.2) is 0 Å². The van der Waals surface area contributed by atoms with E-state index in [4.69, 9.17) is 4.74 Å². The number of carbonyl (C=O) groups is 2. The highest BCUT2D eigenvalue weighted by molar-refractivity contribution is 5.93. The van der Waals surface area contributed by atoms with E-state index in [1.54, 1.807) is 0 Å². The average Bonchev–Trinajstić information content (AvgIpc) is 2.83. The van der Waals surface area contributed by atoms with Crippen molar-refractivity contribution in [1.29, 1.82) is 0 Å². The summed E-state index contributed by atoms with van der Waals surface area (Å²) in [6.07, 6.45) is 1.29. The van der Waals surface area contributed by atoms with Gasteiger partial charge in [0.25, 0.3) is 0 Å². The van der Waals surface area contributed by atoms with Crippen molar-refractivity contribution in [3.05, 3.63) is 66.2 Å². The Morgan fingerprint density at radius 1 is 1.00 bits per heavy atom. The number of benzene rings is 2. The summed E-state index contributed by atoms with van der Waals surface area (Å²) in [5.41, 5.74) is 0.970. The number of rotatable bonds is 11. The molecule has 1 heterocycles. The number of nitrogens with one attached hydrogen (secondary N) is 3. The highest BCUT2D eigenvalue weighted by Gasteiger charge is 2.31. The molecule has 1 aliphatic heterocycles. The van der Waals surface area contributed by atoms with Crippen LogP contribution in [0.4, 0.5) is 5.69 Å². The lowest BCUT2D eigenvalue weighted by molar-refractivity contribution is -0.130. The second-order valence-corrected chi connectivity index (χ2v) is 8.93. The predicted octanol–water partition coefficient (Wildman–Crippen LogP) is 2.44. The van der Waals surface area contributed by atoms with Gasteiger partial charge < -0.3 is 20.7 Å². The monoisotopic (exact) mass is 452 g/mol. The Hall–Kier alpha value is -2.90. The second kappa shape index (κ2) is 12.4. The summed E-state index contributed by atoms with van der Waals surface area (Å²) < 4.78 is 5.38. The summed E-state index contributed by atoms with van der Waals surface area (Å²) in [5, 5.41) is 9.25. The third kappa shape index (κ3) is 8.18. The maximum atomic E-state index is 13.1. The fourth-order valence-corrected chi connectivity index (χ4v) is 3.80. The molecule has 0 bridgehead atoms. The Bertz CT molecular complexity index is 868. The highest BCUT2D eigenvalue weighted by atomic mass is 16.5. The van der Waals surface area contributed by atoms with E-state index in [9.17, 15) is 9.59 Å². The minimum Gasteiger partial charge on any atom is -0.379 e. The molecule has 0 saturated carbocycles. The summed E-state index contributed by atoms with van der Waals surface area (Å²) in [7, 11) is 0. The van der Waals surface area contributed by atoms with Gasteiger partial charge in [0.2, 0.25) is 11.8 Å². The van der Waals surface area contributed by atoms with Crippen LogP contribution in [-0.4, -0.2) is 67.7 Å². The molecule has 2 aromatic carbocycles. The van der Waals surface area contributed by atoms with Crippen molar-refractivity contribution >= 4 is 17.5 Å². The van der Waals surface area contributed by atoms with E-state index in [0.29, 0.717) is 13.0 Å². The Labute approximate surface area is 196 Å². The maximum absolute atomic E-state index is 13.1.